The number of likely N-dealkylation sites (N-methyl/N-ethyl adjacent to an activating group) is 1. The van der Waals surface area contributed by atoms with Crippen LogP contribution in [0.25, 0.3) is 0 Å². The summed E-state index contributed by atoms with van der Waals surface area (Å²) in [7, 11) is 3.68. The molecule has 1 heterocycles. The number of hydrogen-bond donors (Lipinski definition) is 1. The molecule has 5 nitrogen and oxygen atoms in total. The second kappa shape index (κ2) is 7.26. The molecule has 0 spiro atoms. The van der Waals surface area contributed by atoms with Gasteiger partial charge in [0, 0.05) is 25.2 Å². The predicted octanol–water partition coefficient (Wildman–Crippen LogP) is 1.15. The monoisotopic (exact) mass is 278 g/mol. The Kier molecular flexibility index (Phi) is 5.38. The Balaban J connectivity index is 1.77. The molecular formula is C15H22N2O3. The maximum absolute atomic E-state index is 12.0. The summed E-state index contributed by atoms with van der Waals surface area (Å²) < 4.78 is 10.8. The van der Waals surface area contributed by atoms with Crippen LogP contribution in [-0.4, -0.2) is 57.3 Å². The Morgan fingerprint density at radius 1 is 1.55 bits per heavy atom. The van der Waals surface area contributed by atoms with Gasteiger partial charge in [-0.05, 0) is 31.7 Å². The first-order valence-corrected chi connectivity index (χ1v) is 6.91. The Labute approximate surface area is 119 Å². The van der Waals surface area contributed by atoms with E-state index in [0.717, 1.165) is 26.1 Å². The lowest BCUT2D eigenvalue weighted by Gasteiger charge is -2.30. The second-order valence-electron chi connectivity index (χ2n) is 5.03. The van der Waals surface area contributed by atoms with Crippen molar-refractivity contribution in [2.45, 2.75) is 12.5 Å². The summed E-state index contributed by atoms with van der Waals surface area (Å²) in [6.45, 7) is 3.29. The zero-order valence-corrected chi connectivity index (χ0v) is 12.1. The van der Waals surface area contributed by atoms with E-state index in [1.807, 2.05) is 12.1 Å². The fourth-order valence-corrected chi connectivity index (χ4v) is 2.25. The lowest BCUT2D eigenvalue weighted by atomic mass is 10.2. The summed E-state index contributed by atoms with van der Waals surface area (Å²) in [6.07, 6.45) is 1.04. The molecule has 0 aromatic heterocycles. The number of morpholine rings is 1. The van der Waals surface area contributed by atoms with Crippen molar-refractivity contribution in [1.82, 2.24) is 10.2 Å². The first-order chi connectivity index (χ1) is 9.69. The Bertz CT molecular complexity index is 450. The topological polar surface area (TPSA) is 50.8 Å². The van der Waals surface area contributed by atoms with E-state index in [-0.39, 0.29) is 12.0 Å². The second-order valence-corrected chi connectivity index (χ2v) is 5.03. The zero-order chi connectivity index (χ0) is 14.4. The number of methoxy groups -OCH3 is 1. The van der Waals surface area contributed by atoms with Crippen molar-refractivity contribution in [2.75, 3.05) is 40.4 Å². The van der Waals surface area contributed by atoms with Gasteiger partial charge in [-0.25, -0.2) is 0 Å². The minimum absolute atomic E-state index is 0.0759. The number of carbonyl (C=O) groups is 1. The Morgan fingerprint density at radius 3 is 3.15 bits per heavy atom. The van der Waals surface area contributed by atoms with E-state index in [1.165, 1.54) is 0 Å². The number of benzene rings is 1. The summed E-state index contributed by atoms with van der Waals surface area (Å²) in [5, 5.41) is 2.92. The van der Waals surface area contributed by atoms with E-state index in [0.29, 0.717) is 17.9 Å². The molecule has 5 heteroatoms. The summed E-state index contributed by atoms with van der Waals surface area (Å²) >= 11 is 0. The van der Waals surface area contributed by atoms with E-state index in [2.05, 4.69) is 17.3 Å². The molecule has 0 bridgehead atoms. The summed E-state index contributed by atoms with van der Waals surface area (Å²) in [4.78, 5) is 14.2. The van der Waals surface area contributed by atoms with Gasteiger partial charge in [-0.3, -0.25) is 4.79 Å². The third-order valence-corrected chi connectivity index (χ3v) is 3.43. The Morgan fingerprint density at radius 2 is 2.40 bits per heavy atom. The van der Waals surface area contributed by atoms with Gasteiger partial charge in [0.1, 0.15) is 5.75 Å². The van der Waals surface area contributed by atoms with E-state index < -0.39 is 0 Å². The van der Waals surface area contributed by atoms with Gasteiger partial charge in [0.2, 0.25) is 0 Å². The van der Waals surface area contributed by atoms with Gasteiger partial charge < -0.3 is 19.7 Å². The molecule has 1 saturated heterocycles. The molecule has 0 saturated carbocycles. The van der Waals surface area contributed by atoms with E-state index in [4.69, 9.17) is 9.47 Å². The van der Waals surface area contributed by atoms with Crippen LogP contribution >= 0.6 is 0 Å². The van der Waals surface area contributed by atoms with Gasteiger partial charge in [0.05, 0.1) is 19.8 Å². The highest BCUT2D eigenvalue weighted by atomic mass is 16.5. The molecule has 0 aliphatic carbocycles. The molecule has 1 aromatic rings. The lowest BCUT2D eigenvalue weighted by Crippen LogP contribution is -2.41. The molecule has 0 radical (unpaired) electrons. The molecule has 1 amide bonds. The van der Waals surface area contributed by atoms with Crippen molar-refractivity contribution in [3.63, 3.8) is 0 Å². The lowest BCUT2D eigenvalue weighted by molar-refractivity contribution is -0.0226. The summed E-state index contributed by atoms with van der Waals surface area (Å²) in [6, 6.07) is 7.15. The highest BCUT2D eigenvalue weighted by Crippen LogP contribution is 2.12. The molecule has 1 aliphatic rings. The van der Waals surface area contributed by atoms with Crippen LogP contribution in [0.3, 0.4) is 0 Å². The smallest absolute Gasteiger partial charge is 0.251 e. The van der Waals surface area contributed by atoms with Crippen molar-refractivity contribution < 1.29 is 14.3 Å². The van der Waals surface area contributed by atoms with Crippen LogP contribution in [0.5, 0.6) is 5.75 Å². The largest absolute Gasteiger partial charge is 0.497 e. The first kappa shape index (κ1) is 14.8. The third-order valence-electron chi connectivity index (χ3n) is 3.43. The van der Waals surface area contributed by atoms with Crippen molar-refractivity contribution in [1.29, 1.82) is 0 Å². The van der Waals surface area contributed by atoms with Crippen LogP contribution < -0.4 is 10.1 Å². The SMILES string of the molecule is COc1cccc(C(=O)NCCC2CN(C)CCO2)c1. The van der Waals surface area contributed by atoms with Gasteiger partial charge >= 0.3 is 0 Å². The summed E-state index contributed by atoms with van der Waals surface area (Å²) in [5.74, 6) is 0.614. The van der Waals surface area contributed by atoms with Gasteiger partial charge in [-0.2, -0.15) is 0 Å². The highest BCUT2D eigenvalue weighted by molar-refractivity contribution is 5.94. The van der Waals surface area contributed by atoms with Crippen LogP contribution in [0, 0.1) is 0 Å². The third kappa shape index (κ3) is 4.21. The molecule has 1 fully saturated rings. The number of carbonyl (C=O) groups excluding carboxylic acids is 1. The molecule has 110 valence electrons. The quantitative estimate of drug-likeness (QED) is 0.877. The van der Waals surface area contributed by atoms with Crippen molar-refractivity contribution in [2.24, 2.45) is 0 Å². The number of amides is 1. The van der Waals surface area contributed by atoms with Crippen LogP contribution in [0.15, 0.2) is 24.3 Å². The minimum atomic E-state index is -0.0759. The van der Waals surface area contributed by atoms with Gasteiger partial charge in [-0.15, -0.1) is 0 Å². The standard InChI is InChI=1S/C15H22N2O3/c1-17-8-9-20-14(11-17)6-7-16-15(18)12-4-3-5-13(10-12)19-2/h3-5,10,14H,6-9,11H2,1-2H3,(H,16,18). The zero-order valence-electron chi connectivity index (χ0n) is 12.1. The van der Waals surface area contributed by atoms with E-state index in [1.54, 1.807) is 19.2 Å². The maximum atomic E-state index is 12.0. The van der Waals surface area contributed by atoms with Crippen molar-refractivity contribution in [3.05, 3.63) is 29.8 Å². The molecule has 1 aliphatic heterocycles. The number of rotatable bonds is 5. The fourth-order valence-electron chi connectivity index (χ4n) is 2.25. The summed E-state index contributed by atoms with van der Waals surface area (Å²) in [5.41, 5.74) is 0.617. The first-order valence-electron chi connectivity index (χ1n) is 6.91. The van der Waals surface area contributed by atoms with Gasteiger partial charge in [0.15, 0.2) is 0 Å². The van der Waals surface area contributed by atoms with Gasteiger partial charge in [-0.1, -0.05) is 6.07 Å². The van der Waals surface area contributed by atoms with Crippen LogP contribution in [0.1, 0.15) is 16.8 Å². The Hall–Kier alpha value is -1.59. The molecule has 1 unspecified atom stereocenters. The average Bonchev–Trinajstić information content (AvgIpc) is 2.47. The average molecular weight is 278 g/mol. The number of hydrogen-bond acceptors (Lipinski definition) is 4. The molecule has 1 aromatic carbocycles. The molecular weight excluding hydrogens is 256 g/mol. The van der Waals surface area contributed by atoms with Crippen LogP contribution in [0.2, 0.25) is 0 Å². The number of nitrogens with zero attached hydrogens (tertiary/aromatic N) is 1. The molecule has 2 rings (SSSR count). The van der Waals surface area contributed by atoms with E-state index >= 15 is 0 Å². The molecule has 1 N–H and O–H groups in total. The van der Waals surface area contributed by atoms with Crippen molar-refractivity contribution in [3.8, 4) is 5.75 Å². The van der Waals surface area contributed by atoms with Crippen LogP contribution in [0.4, 0.5) is 0 Å². The van der Waals surface area contributed by atoms with Gasteiger partial charge in [0.25, 0.3) is 5.91 Å². The van der Waals surface area contributed by atoms with E-state index in [9.17, 15) is 4.79 Å². The predicted molar refractivity (Wildman–Crippen MR) is 77.2 cm³/mol. The van der Waals surface area contributed by atoms with Crippen LogP contribution in [-0.2, 0) is 4.74 Å². The van der Waals surface area contributed by atoms with Crippen molar-refractivity contribution >= 4 is 5.91 Å². The number of ether oxygens (including phenoxy) is 2. The normalized spacial score (nSPS) is 19.6. The molecule has 20 heavy (non-hydrogen) atoms. The highest BCUT2D eigenvalue weighted by Gasteiger charge is 2.17. The molecule has 1 atom stereocenters. The minimum Gasteiger partial charge on any atom is -0.497 e. The fraction of sp³-hybridized carbons (Fsp3) is 0.533. The maximum Gasteiger partial charge on any atom is 0.251 e. The number of nitrogens with one attached hydrogen (secondary N) is 1.